The maximum Gasteiger partial charge on any atom is 0.239 e. The number of nitrogens with two attached hydrogens (primary N) is 1. The van der Waals surface area contributed by atoms with Gasteiger partial charge in [-0.2, -0.15) is 4.57 Å². The first kappa shape index (κ1) is 17.3. The fraction of sp³-hybridized carbons (Fsp3) is 0.217. The molecule has 0 bridgehead atoms. The zero-order chi connectivity index (χ0) is 18.8. The highest BCUT2D eigenvalue weighted by Crippen LogP contribution is 2.23. The van der Waals surface area contributed by atoms with E-state index in [1.54, 1.807) is 0 Å². The number of allylic oxidation sites excluding steroid dienone is 2. The Morgan fingerprint density at radius 2 is 1.85 bits per heavy atom. The zero-order valence-electron chi connectivity index (χ0n) is 15.9. The number of rotatable bonds is 4. The number of hydrogen-bond donors (Lipinski definition) is 1. The van der Waals surface area contributed by atoms with Gasteiger partial charge in [-0.15, -0.1) is 0 Å². The summed E-state index contributed by atoms with van der Waals surface area (Å²) in [6, 6.07) is 17.0. The van der Waals surface area contributed by atoms with Crippen molar-refractivity contribution >= 4 is 22.8 Å². The van der Waals surface area contributed by atoms with E-state index >= 15 is 0 Å². The normalized spacial score (nSPS) is 13.2. The lowest BCUT2D eigenvalue weighted by molar-refractivity contribution is -0.570. The van der Waals surface area contributed by atoms with Crippen molar-refractivity contribution in [2.75, 3.05) is 18.0 Å². The van der Waals surface area contributed by atoms with Crippen molar-refractivity contribution in [1.29, 1.82) is 0 Å². The van der Waals surface area contributed by atoms with E-state index in [0.717, 1.165) is 53.3 Å². The van der Waals surface area contributed by atoms with Crippen molar-refractivity contribution in [3.8, 4) is 5.69 Å². The molecule has 4 nitrogen and oxygen atoms in total. The smallest absolute Gasteiger partial charge is 0.239 e. The maximum atomic E-state index is 6.19. The second-order valence-electron chi connectivity index (χ2n) is 6.71. The van der Waals surface area contributed by atoms with E-state index in [1.165, 1.54) is 5.69 Å². The molecule has 0 radical (unpaired) electrons. The molecule has 2 aromatic carbocycles. The van der Waals surface area contributed by atoms with Gasteiger partial charge in [-0.05, 0) is 32.1 Å². The molecule has 0 unspecified atom stereocenters. The molecular weight excluding hydrogens is 332 g/mol. The second-order valence-corrected chi connectivity index (χ2v) is 6.71. The molecule has 1 aliphatic carbocycles. The van der Waals surface area contributed by atoms with Gasteiger partial charge in [-0.25, -0.2) is 4.98 Å². The molecule has 1 aromatic heterocycles. The van der Waals surface area contributed by atoms with Crippen LogP contribution in [0.2, 0.25) is 0 Å². The number of benzene rings is 2. The summed E-state index contributed by atoms with van der Waals surface area (Å²) in [5.74, 6) is 0. The SMILES string of the molecule is CCN(CC)c1ccc2nc3c([n+](-c4ccccc4)c2c1)C=C(N)C=CC3. The van der Waals surface area contributed by atoms with E-state index in [0.29, 0.717) is 0 Å². The van der Waals surface area contributed by atoms with Crippen LogP contribution in [0.4, 0.5) is 5.69 Å². The summed E-state index contributed by atoms with van der Waals surface area (Å²) >= 11 is 0. The fourth-order valence-corrected chi connectivity index (χ4v) is 3.70. The zero-order valence-corrected chi connectivity index (χ0v) is 15.9. The van der Waals surface area contributed by atoms with Crippen molar-refractivity contribution in [2.45, 2.75) is 20.3 Å². The molecule has 0 amide bonds. The molecule has 27 heavy (non-hydrogen) atoms. The molecule has 0 atom stereocenters. The van der Waals surface area contributed by atoms with Gasteiger partial charge >= 0.3 is 0 Å². The Balaban J connectivity index is 2.07. The Bertz CT molecular complexity index is 1030. The minimum Gasteiger partial charge on any atom is -0.399 e. The fourth-order valence-electron chi connectivity index (χ4n) is 3.70. The third kappa shape index (κ3) is 3.19. The quantitative estimate of drug-likeness (QED) is 0.723. The highest BCUT2D eigenvalue weighted by molar-refractivity contribution is 5.78. The lowest BCUT2D eigenvalue weighted by Crippen LogP contribution is -2.37. The highest BCUT2D eigenvalue weighted by Gasteiger charge is 2.24. The van der Waals surface area contributed by atoms with Gasteiger partial charge in [-0.3, -0.25) is 0 Å². The first-order valence-corrected chi connectivity index (χ1v) is 9.54. The molecule has 0 aliphatic heterocycles. The van der Waals surface area contributed by atoms with Crippen LogP contribution < -0.4 is 15.2 Å². The number of aromatic nitrogens is 2. The molecule has 0 spiro atoms. The average molecular weight is 357 g/mol. The molecule has 0 fully saturated rings. The van der Waals surface area contributed by atoms with Crippen molar-refractivity contribution in [3.05, 3.63) is 77.8 Å². The summed E-state index contributed by atoms with van der Waals surface area (Å²) in [6.45, 7) is 6.32. The Kier molecular flexibility index (Phi) is 4.63. The van der Waals surface area contributed by atoms with Crippen LogP contribution in [0.1, 0.15) is 25.2 Å². The van der Waals surface area contributed by atoms with Gasteiger partial charge in [0.05, 0.1) is 0 Å². The molecule has 0 saturated heterocycles. The van der Waals surface area contributed by atoms with Gasteiger partial charge in [0.25, 0.3) is 0 Å². The van der Waals surface area contributed by atoms with Crippen LogP contribution in [0.25, 0.3) is 22.8 Å². The number of fused-ring (bicyclic) bond motifs is 2. The maximum absolute atomic E-state index is 6.19. The largest absolute Gasteiger partial charge is 0.399 e. The first-order valence-electron chi connectivity index (χ1n) is 9.54. The third-order valence-electron chi connectivity index (χ3n) is 5.06. The topological polar surface area (TPSA) is 46.0 Å². The van der Waals surface area contributed by atoms with Gasteiger partial charge in [0.15, 0.2) is 0 Å². The second kappa shape index (κ2) is 7.23. The first-order chi connectivity index (χ1) is 13.2. The molecule has 1 aliphatic rings. The van der Waals surface area contributed by atoms with Crippen LogP contribution >= 0.6 is 0 Å². The van der Waals surface area contributed by atoms with Crippen LogP contribution in [0.3, 0.4) is 0 Å². The Morgan fingerprint density at radius 3 is 2.59 bits per heavy atom. The summed E-state index contributed by atoms with van der Waals surface area (Å²) in [6.07, 6.45) is 6.84. The number of hydrogen-bond acceptors (Lipinski definition) is 3. The minimum absolute atomic E-state index is 0.750. The highest BCUT2D eigenvalue weighted by atomic mass is 15.1. The molecule has 3 aromatic rings. The number of anilines is 1. The van der Waals surface area contributed by atoms with Gasteiger partial charge in [-0.1, -0.05) is 24.3 Å². The van der Waals surface area contributed by atoms with Crippen molar-refractivity contribution < 1.29 is 4.57 Å². The predicted molar refractivity (Wildman–Crippen MR) is 112 cm³/mol. The summed E-state index contributed by atoms with van der Waals surface area (Å²) in [5, 5.41) is 0. The van der Waals surface area contributed by atoms with E-state index in [4.69, 9.17) is 10.7 Å². The third-order valence-corrected chi connectivity index (χ3v) is 5.06. The molecular formula is C23H25N4+. The lowest BCUT2D eigenvalue weighted by Gasteiger charge is -2.21. The molecule has 4 rings (SSSR count). The van der Waals surface area contributed by atoms with E-state index < -0.39 is 0 Å². The predicted octanol–water partition coefficient (Wildman–Crippen LogP) is 3.77. The monoisotopic (exact) mass is 357 g/mol. The standard InChI is InChI=1S/C23H24N4/c1-3-26(4-2)19-13-14-21-23(16-19)27(18-10-6-5-7-11-18)22-15-17(24)9-8-12-20(22)25-21/h5-11,13-16,24H,3-4,12H2,1-2H3/p+1. The molecule has 136 valence electrons. The Labute approximate surface area is 160 Å². The molecule has 4 heteroatoms. The van der Waals surface area contributed by atoms with E-state index in [1.807, 2.05) is 18.2 Å². The van der Waals surface area contributed by atoms with Gasteiger partial charge in [0.2, 0.25) is 16.9 Å². The summed E-state index contributed by atoms with van der Waals surface area (Å²) < 4.78 is 2.28. The van der Waals surface area contributed by atoms with Gasteiger partial charge in [0.1, 0.15) is 11.2 Å². The van der Waals surface area contributed by atoms with Gasteiger partial charge in [0, 0.05) is 55.2 Å². The van der Waals surface area contributed by atoms with Crippen molar-refractivity contribution in [2.24, 2.45) is 5.73 Å². The van der Waals surface area contributed by atoms with E-state index in [-0.39, 0.29) is 0 Å². The van der Waals surface area contributed by atoms with Crippen LogP contribution in [-0.4, -0.2) is 18.1 Å². The number of nitrogens with zero attached hydrogens (tertiary/aromatic N) is 3. The molecule has 1 heterocycles. The van der Waals surface area contributed by atoms with Crippen molar-refractivity contribution in [1.82, 2.24) is 4.98 Å². The minimum atomic E-state index is 0.750. The Morgan fingerprint density at radius 1 is 1.07 bits per heavy atom. The Hall–Kier alpha value is -3.14. The van der Waals surface area contributed by atoms with Crippen LogP contribution in [-0.2, 0) is 6.42 Å². The number of para-hydroxylation sites is 1. The summed E-state index contributed by atoms with van der Waals surface area (Å²) in [5.41, 5.74) is 13.4. The van der Waals surface area contributed by atoms with Crippen LogP contribution in [0, 0.1) is 0 Å². The lowest BCUT2D eigenvalue weighted by atomic mass is 10.1. The summed E-state index contributed by atoms with van der Waals surface area (Å²) in [7, 11) is 0. The van der Waals surface area contributed by atoms with Crippen molar-refractivity contribution in [3.63, 3.8) is 0 Å². The van der Waals surface area contributed by atoms with Gasteiger partial charge < -0.3 is 10.6 Å². The molecule has 2 N–H and O–H groups in total. The molecule has 0 saturated carbocycles. The summed E-state index contributed by atoms with van der Waals surface area (Å²) in [4.78, 5) is 7.31. The van der Waals surface area contributed by atoms with Crippen LogP contribution in [0.15, 0.2) is 66.4 Å². The van der Waals surface area contributed by atoms with Crippen LogP contribution in [0.5, 0.6) is 0 Å². The van der Waals surface area contributed by atoms with E-state index in [9.17, 15) is 0 Å². The average Bonchev–Trinajstić information content (AvgIpc) is 2.88. The van der Waals surface area contributed by atoms with E-state index in [2.05, 4.69) is 71.9 Å².